The van der Waals surface area contributed by atoms with Crippen LogP contribution in [0.5, 0.6) is 0 Å². The molecule has 5 heteroatoms. The summed E-state index contributed by atoms with van der Waals surface area (Å²) < 4.78 is 10.4. The minimum absolute atomic E-state index is 0.0300. The van der Waals surface area contributed by atoms with Crippen LogP contribution in [0.2, 0.25) is 0 Å². The fourth-order valence-electron chi connectivity index (χ4n) is 1.57. The highest BCUT2D eigenvalue weighted by Crippen LogP contribution is 2.15. The van der Waals surface area contributed by atoms with Crippen molar-refractivity contribution < 1.29 is 13.9 Å². The Kier molecular flexibility index (Phi) is 6.46. The lowest BCUT2D eigenvalue weighted by Gasteiger charge is -2.11. The third kappa shape index (κ3) is 5.33. The first-order chi connectivity index (χ1) is 8.63. The smallest absolute Gasteiger partial charge is 0.221 e. The van der Waals surface area contributed by atoms with Gasteiger partial charge in [-0.25, -0.2) is 0 Å². The van der Waals surface area contributed by atoms with Crippen LogP contribution in [0.4, 0.5) is 0 Å². The molecule has 2 N–H and O–H groups in total. The van der Waals surface area contributed by atoms with Gasteiger partial charge in [-0.15, -0.1) is 0 Å². The summed E-state index contributed by atoms with van der Waals surface area (Å²) in [5.41, 5.74) is 0. The average molecular weight is 254 g/mol. The van der Waals surface area contributed by atoms with Gasteiger partial charge in [-0.05, 0) is 26.0 Å². The molecular weight excluding hydrogens is 232 g/mol. The van der Waals surface area contributed by atoms with Crippen molar-refractivity contribution in [3.63, 3.8) is 0 Å². The van der Waals surface area contributed by atoms with E-state index in [1.54, 1.807) is 7.11 Å². The molecule has 1 rings (SSSR count). The first kappa shape index (κ1) is 14.7. The van der Waals surface area contributed by atoms with Crippen LogP contribution in [-0.4, -0.2) is 32.7 Å². The Morgan fingerprint density at radius 3 is 2.83 bits per heavy atom. The molecule has 1 aromatic heterocycles. The third-order valence-electron chi connectivity index (χ3n) is 2.62. The van der Waals surface area contributed by atoms with Crippen LogP contribution in [-0.2, 0) is 9.53 Å². The molecular formula is C13H22N2O3. The van der Waals surface area contributed by atoms with Crippen LogP contribution < -0.4 is 10.6 Å². The minimum Gasteiger partial charge on any atom is -0.465 e. The lowest BCUT2D eigenvalue weighted by Crippen LogP contribution is -2.30. The van der Waals surface area contributed by atoms with Crippen molar-refractivity contribution in [1.29, 1.82) is 0 Å². The summed E-state index contributed by atoms with van der Waals surface area (Å²) in [5.74, 6) is 1.82. The van der Waals surface area contributed by atoms with Gasteiger partial charge in [0.25, 0.3) is 0 Å². The molecule has 1 unspecified atom stereocenters. The molecule has 0 spiro atoms. The Labute approximate surface area is 108 Å². The maximum Gasteiger partial charge on any atom is 0.221 e. The lowest BCUT2D eigenvalue weighted by atomic mass is 10.2. The van der Waals surface area contributed by atoms with Crippen LogP contribution in [0.25, 0.3) is 0 Å². The summed E-state index contributed by atoms with van der Waals surface area (Å²) in [5, 5.41) is 6.02. The Hall–Kier alpha value is -1.33. The molecule has 0 saturated carbocycles. The van der Waals surface area contributed by atoms with Crippen LogP contribution >= 0.6 is 0 Å². The van der Waals surface area contributed by atoms with Gasteiger partial charge in [0, 0.05) is 26.6 Å². The Balaban J connectivity index is 2.15. The number of furan rings is 1. The van der Waals surface area contributed by atoms with Crippen molar-refractivity contribution in [2.75, 3.05) is 26.8 Å². The van der Waals surface area contributed by atoms with Crippen LogP contribution in [0.15, 0.2) is 16.5 Å². The number of nitrogens with one attached hydrogen (secondary N) is 2. The number of hydrogen-bond donors (Lipinski definition) is 2. The average Bonchev–Trinajstić information content (AvgIpc) is 2.76. The molecule has 0 aromatic carbocycles. The zero-order chi connectivity index (χ0) is 13.4. The quantitative estimate of drug-likeness (QED) is 0.688. The number of ether oxygens (including phenoxy) is 1. The van der Waals surface area contributed by atoms with Crippen molar-refractivity contribution in [2.24, 2.45) is 0 Å². The molecule has 1 heterocycles. The Morgan fingerprint density at radius 2 is 2.22 bits per heavy atom. The predicted octanol–water partition coefficient (Wildman–Crippen LogP) is 1.39. The van der Waals surface area contributed by atoms with Gasteiger partial charge in [0.2, 0.25) is 5.91 Å². The lowest BCUT2D eigenvalue weighted by molar-refractivity contribution is -0.121. The van der Waals surface area contributed by atoms with Crippen LogP contribution in [0, 0.1) is 6.92 Å². The first-order valence-corrected chi connectivity index (χ1v) is 6.19. The van der Waals surface area contributed by atoms with E-state index in [0.717, 1.165) is 11.5 Å². The second-order valence-electron chi connectivity index (χ2n) is 4.22. The fraction of sp³-hybridized carbons (Fsp3) is 0.615. The summed E-state index contributed by atoms with van der Waals surface area (Å²) in [7, 11) is 1.61. The van der Waals surface area contributed by atoms with Gasteiger partial charge in [-0.1, -0.05) is 0 Å². The maximum absolute atomic E-state index is 11.4. The molecule has 0 fully saturated rings. The normalized spacial score (nSPS) is 12.4. The first-order valence-electron chi connectivity index (χ1n) is 6.19. The molecule has 1 atom stereocenters. The highest BCUT2D eigenvalue weighted by atomic mass is 16.5. The van der Waals surface area contributed by atoms with Gasteiger partial charge in [-0.2, -0.15) is 0 Å². The minimum atomic E-state index is 0.0300. The molecule has 0 saturated heterocycles. The molecule has 0 aliphatic heterocycles. The van der Waals surface area contributed by atoms with E-state index in [1.807, 2.05) is 26.0 Å². The summed E-state index contributed by atoms with van der Waals surface area (Å²) in [4.78, 5) is 11.4. The topological polar surface area (TPSA) is 63.5 Å². The third-order valence-corrected chi connectivity index (χ3v) is 2.62. The second-order valence-corrected chi connectivity index (χ2v) is 4.22. The molecule has 0 radical (unpaired) electrons. The standard InChI is InChI=1S/C13H22N2O3/c1-10-4-5-12(18-10)11(2)14-7-6-13(16)15-8-9-17-3/h4-5,11,14H,6-9H2,1-3H3,(H,15,16). The number of carbonyl (C=O) groups excluding carboxylic acids is 1. The molecule has 5 nitrogen and oxygen atoms in total. The zero-order valence-electron chi connectivity index (χ0n) is 11.3. The van der Waals surface area contributed by atoms with Gasteiger partial charge >= 0.3 is 0 Å². The molecule has 1 aromatic rings. The van der Waals surface area contributed by atoms with Crippen molar-refractivity contribution in [3.8, 4) is 0 Å². The van der Waals surface area contributed by atoms with E-state index in [4.69, 9.17) is 9.15 Å². The van der Waals surface area contributed by atoms with Gasteiger partial charge in [0.15, 0.2) is 0 Å². The van der Waals surface area contributed by atoms with Crippen molar-refractivity contribution >= 4 is 5.91 Å². The number of methoxy groups -OCH3 is 1. The molecule has 0 aliphatic carbocycles. The number of carbonyl (C=O) groups is 1. The Bertz CT molecular complexity index is 363. The van der Waals surface area contributed by atoms with E-state index < -0.39 is 0 Å². The summed E-state index contributed by atoms with van der Waals surface area (Å²) in [6.07, 6.45) is 0.452. The highest BCUT2D eigenvalue weighted by Gasteiger charge is 2.09. The SMILES string of the molecule is COCCNC(=O)CCNC(C)c1ccc(C)o1. The van der Waals surface area contributed by atoms with Crippen molar-refractivity contribution in [1.82, 2.24) is 10.6 Å². The highest BCUT2D eigenvalue weighted by molar-refractivity contribution is 5.76. The van der Waals surface area contributed by atoms with Gasteiger partial charge in [-0.3, -0.25) is 4.79 Å². The summed E-state index contributed by atoms with van der Waals surface area (Å²) in [6, 6.07) is 4.00. The van der Waals surface area contributed by atoms with E-state index in [1.165, 1.54) is 0 Å². The fourth-order valence-corrected chi connectivity index (χ4v) is 1.57. The zero-order valence-corrected chi connectivity index (χ0v) is 11.3. The van der Waals surface area contributed by atoms with Crippen molar-refractivity contribution in [3.05, 3.63) is 23.7 Å². The van der Waals surface area contributed by atoms with E-state index >= 15 is 0 Å². The van der Waals surface area contributed by atoms with Gasteiger partial charge in [0.05, 0.1) is 12.6 Å². The number of amides is 1. The monoisotopic (exact) mass is 254 g/mol. The molecule has 102 valence electrons. The molecule has 0 bridgehead atoms. The Morgan fingerprint density at radius 1 is 1.44 bits per heavy atom. The maximum atomic E-state index is 11.4. The number of rotatable bonds is 8. The van der Waals surface area contributed by atoms with E-state index in [0.29, 0.717) is 26.1 Å². The number of hydrogen-bond acceptors (Lipinski definition) is 4. The van der Waals surface area contributed by atoms with E-state index in [2.05, 4.69) is 10.6 Å². The predicted molar refractivity (Wildman–Crippen MR) is 69.4 cm³/mol. The second kappa shape index (κ2) is 7.89. The van der Waals surface area contributed by atoms with E-state index in [9.17, 15) is 4.79 Å². The summed E-state index contributed by atoms with van der Waals surface area (Å²) >= 11 is 0. The number of aryl methyl sites for hydroxylation is 1. The molecule has 1 amide bonds. The van der Waals surface area contributed by atoms with Gasteiger partial charge in [0.1, 0.15) is 11.5 Å². The van der Waals surface area contributed by atoms with Crippen LogP contribution in [0.3, 0.4) is 0 Å². The summed E-state index contributed by atoms with van der Waals surface area (Å²) in [6.45, 7) is 5.66. The van der Waals surface area contributed by atoms with Crippen molar-refractivity contribution in [2.45, 2.75) is 26.3 Å². The van der Waals surface area contributed by atoms with Crippen LogP contribution in [0.1, 0.15) is 30.9 Å². The molecule has 0 aliphatic rings. The largest absolute Gasteiger partial charge is 0.465 e. The van der Waals surface area contributed by atoms with Gasteiger partial charge < -0.3 is 19.8 Å². The van der Waals surface area contributed by atoms with E-state index in [-0.39, 0.29) is 11.9 Å². The molecule has 18 heavy (non-hydrogen) atoms.